The van der Waals surface area contributed by atoms with E-state index < -0.39 is 16.0 Å². The zero-order chi connectivity index (χ0) is 14.9. The van der Waals surface area contributed by atoms with Gasteiger partial charge in [0.1, 0.15) is 4.21 Å². The molecule has 0 aliphatic carbocycles. The van der Waals surface area contributed by atoms with E-state index in [0.717, 1.165) is 17.4 Å². The molecule has 1 saturated heterocycles. The molecule has 2 heterocycles. The summed E-state index contributed by atoms with van der Waals surface area (Å²) in [6.45, 7) is 0.315. The Bertz CT molecular complexity index is 637. The first kappa shape index (κ1) is 14.9. The van der Waals surface area contributed by atoms with E-state index in [1.165, 1.54) is 10.3 Å². The Kier molecular flexibility index (Phi) is 4.11. The van der Waals surface area contributed by atoms with Gasteiger partial charge in [-0.1, -0.05) is 0 Å². The molecule has 0 saturated carbocycles. The predicted molar refractivity (Wildman–Crippen MR) is 72.3 cm³/mol. The molecule has 0 bridgehead atoms. The fourth-order valence-corrected chi connectivity index (χ4v) is 4.39. The molecule has 9 heteroatoms. The van der Waals surface area contributed by atoms with Crippen molar-refractivity contribution in [3.8, 4) is 0 Å². The summed E-state index contributed by atoms with van der Waals surface area (Å²) in [4.78, 5) is 23.6. The van der Waals surface area contributed by atoms with E-state index in [1.807, 2.05) is 0 Å². The highest BCUT2D eigenvalue weighted by Crippen LogP contribution is 2.21. The Morgan fingerprint density at radius 3 is 2.80 bits per heavy atom. The van der Waals surface area contributed by atoms with E-state index in [0.29, 0.717) is 19.4 Å². The van der Waals surface area contributed by atoms with Crippen LogP contribution in [0, 0.1) is 0 Å². The van der Waals surface area contributed by atoms with Gasteiger partial charge in [0.25, 0.3) is 0 Å². The molecule has 2 N–H and O–H groups in total. The van der Waals surface area contributed by atoms with E-state index >= 15 is 0 Å². The Morgan fingerprint density at radius 1 is 1.55 bits per heavy atom. The predicted octanol–water partition coefficient (Wildman–Crippen LogP) is 0.345. The van der Waals surface area contributed by atoms with Crippen molar-refractivity contribution in [2.75, 3.05) is 13.6 Å². The third-order valence-electron chi connectivity index (χ3n) is 3.04. The lowest BCUT2D eigenvalue weighted by Gasteiger charge is -2.29. The second-order valence-corrected chi connectivity index (χ2v) is 7.44. The largest absolute Gasteiger partial charge is 0.478 e. The Labute approximate surface area is 120 Å². The first-order valence-electron chi connectivity index (χ1n) is 5.88. The molecule has 1 fully saturated rings. The SMILES string of the molecule is CN1CC(NS(=O)(=O)c2cc(C(=O)O)cs2)CCC1=O. The Morgan fingerprint density at radius 2 is 2.25 bits per heavy atom. The average Bonchev–Trinajstić information content (AvgIpc) is 2.84. The number of likely N-dealkylation sites (tertiary alicyclic amines) is 1. The number of carbonyl (C=O) groups excluding carboxylic acids is 1. The molecule has 1 aromatic heterocycles. The summed E-state index contributed by atoms with van der Waals surface area (Å²) < 4.78 is 26.7. The lowest BCUT2D eigenvalue weighted by molar-refractivity contribution is -0.132. The number of nitrogens with one attached hydrogen (secondary N) is 1. The van der Waals surface area contributed by atoms with Crippen molar-refractivity contribution in [1.29, 1.82) is 0 Å². The van der Waals surface area contributed by atoms with Crippen LogP contribution in [0.1, 0.15) is 23.2 Å². The number of nitrogens with zero attached hydrogens (tertiary/aromatic N) is 1. The maximum atomic E-state index is 12.1. The van der Waals surface area contributed by atoms with Gasteiger partial charge < -0.3 is 10.0 Å². The van der Waals surface area contributed by atoms with Crippen LogP contribution in [0.5, 0.6) is 0 Å². The number of carboxylic acids is 1. The van der Waals surface area contributed by atoms with Gasteiger partial charge in [-0.25, -0.2) is 17.9 Å². The normalized spacial score (nSPS) is 20.1. The standard InChI is InChI=1S/C11H14N2O5S2/c1-13-5-8(2-3-9(13)14)12-20(17,18)10-4-7(6-19-10)11(15)16/h4,6,8,12H,2-3,5H2,1H3,(H,15,16). The van der Waals surface area contributed by atoms with Crippen LogP contribution in [0.2, 0.25) is 0 Å². The molecule has 1 unspecified atom stereocenters. The molecule has 1 aliphatic rings. The summed E-state index contributed by atoms with van der Waals surface area (Å²) in [5.41, 5.74) is -0.0497. The van der Waals surface area contributed by atoms with Crippen molar-refractivity contribution in [1.82, 2.24) is 9.62 Å². The summed E-state index contributed by atoms with van der Waals surface area (Å²) in [6.07, 6.45) is 0.744. The molecule has 7 nitrogen and oxygen atoms in total. The van der Waals surface area contributed by atoms with Crippen LogP contribution in [0.4, 0.5) is 0 Å². The Hall–Kier alpha value is -1.45. The Balaban J connectivity index is 2.11. The number of thiophene rings is 1. The van der Waals surface area contributed by atoms with E-state index in [-0.39, 0.29) is 21.7 Å². The number of aromatic carboxylic acids is 1. The monoisotopic (exact) mass is 318 g/mol. The molecule has 110 valence electrons. The first-order chi connectivity index (χ1) is 9.29. The van der Waals surface area contributed by atoms with Crippen LogP contribution in [0.15, 0.2) is 15.7 Å². The van der Waals surface area contributed by atoms with Crippen molar-refractivity contribution in [3.05, 3.63) is 17.0 Å². The van der Waals surface area contributed by atoms with Gasteiger partial charge in [-0.05, 0) is 12.5 Å². The van der Waals surface area contributed by atoms with Crippen LogP contribution in [-0.2, 0) is 14.8 Å². The van der Waals surface area contributed by atoms with Crippen LogP contribution in [0.25, 0.3) is 0 Å². The van der Waals surface area contributed by atoms with Gasteiger partial charge in [-0.3, -0.25) is 4.79 Å². The molecule has 1 amide bonds. The van der Waals surface area contributed by atoms with E-state index in [4.69, 9.17) is 5.11 Å². The minimum absolute atomic E-state index is 0.00950. The lowest BCUT2D eigenvalue weighted by Crippen LogP contribution is -2.48. The molecular weight excluding hydrogens is 304 g/mol. The number of carboxylic acid groups (broad SMARTS) is 1. The highest BCUT2D eigenvalue weighted by Gasteiger charge is 2.28. The topological polar surface area (TPSA) is 104 Å². The van der Waals surface area contributed by atoms with Gasteiger partial charge in [-0.2, -0.15) is 0 Å². The van der Waals surface area contributed by atoms with Crippen LogP contribution in [-0.4, -0.2) is 49.9 Å². The third kappa shape index (κ3) is 3.17. The summed E-state index contributed by atoms with van der Waals surface area (Å²) in [7, 11) is -2.12. The number of hydrogen-bond acceptors (Lipinski definition) is 5. The van der Waals surface area contributed by atoms with Gasteiger partial charge in [0, 0.05) is 31.4 Å². The second-order valence-electron chi connectivity index (χ2n) is 4.59. The van der Waals surface area contributed by atoms with Crippen molar-refractivity contribution >= 4 is 33.2 Å². The maximum Gasteiger partial charge on any atom is 0.336 e. The molecule has 0 aromatic carbocycles. The highest BCUT2D eigenvalue weighted by molar-refractivity contribution is 7.91. The van der Waals surface area contributed by atoms with Gasteiger partial charge in [0.15, 0.2) is 0 Å². The van der Waals surface area contributed by atoms with E-state index in [9.17, 15) is 18.0 Å². The number of rotatable bonds is 4. The molecule has 2 rings (SSSR count). The highest BCUT2D eigenvalue weighted by atomic mass is 32.2. The van der Waals surface area contributed by atoms with Crippen molar-refractivity contribution in [3.63, 3.8) is 0 Å². The quantitative estimate of drug-likeness (QED) is 0.833. The molecular formula is C11H14N2O5S2. The molecule has 0 spiro atoms. The van der Waals surface area contributed by atoms with Gasteiger partial charge >= 0.3 is 5.97 Å². The zero-order valence-corrected chi connectivity index (χ0v) is 12.3. The van der Waals surface area contributed by atoms with Crippen molar-refractivity contribution in [2.45, 2.75) is 23.1 Å². The fourth-order valence-electron chi connectivity index (χ4n) is 1.96. The minimum atomic E-state index is -3.75. The van der Waals surface area contributed by atoms with E-state index in [2.05, 4.69) is 4.72 Å². The van der Waals surface area contributed by atoms with Crippen LogP contribution < -0.4 is 4.72 Å². The van der Waals surface area contributed by atoms with Gasteiger partial charge in [0.2, 0.25) is 15.9 Å². The molecule has 1 aliphatic heterocycles. The summed E-state index contributed by atoms with van der Waals surface area (Å²) in [5, 5.41) is 10.1. The van der Waals surface area contributed by atoms with Crippen LogP contribution >= 0.6 is 11.3 Å². The van der Waals surface area contributed by atoms with Crippen LogP contribution in [0.3, 0.4) is 0 Å². The number of carbonyl (C=O) groups is 2. The van der Waals surface area contributed by atoms with Crippen molar-refractivity contribution in [2.24, 2.45) is 0 Å². The van der Waals surface area contributed by atoms with Crippen molar-refractivity contribution < 1.29 is 23.1 Å². The molecule has 1 aromatic rings. The number of amides is 1. The van der Waals surface area contributed by atoms with Gasteiger partial charge in [-0.15, -0.1) is 11.3 Å². The van der Waals surface area contributed by atoms with Gasteiger partial charge in [0.05, 0.1) is 5.56 Å². The molecule has 1 atom stereocenters. The third-order valence-corrected chi connectivity index (χ3v) is 6.00. The van der Waals surface area contributed by atoms with E-state index in [1.54, 1.807) is 7.05 Å². The summed E-state index contributed by atoms with van der Waals surface area (Å²) in [6, 6.07) is 0.783. The maximum absolute atomic E-state index is 12.1. The minimum Gasteiger partial charge on any atom is -0.478 e. The zero-order valence-electron chi connectivity index (χ0n) is 10.7. The summed E-state index contributed by atoms with van der Waals surface area (Å²) >= 11 is 0.863. The second kappa shape index (κ2) is 5.51. The number of hydrogen-bond donors (Lipinski definition) is 2. The summed E-state index contributed by atoms with van der Waals surface area (Å²) in [5.74, 6) is -1.17. The number of sulfonamides is 1. The number of likely N-dealkylation sites (N-methyl/N-ethyl adjacent to an activating group) is 1. The first-order valence-corrected chi connectivity index (χ1v) is 8.24. The molecule has 0 radical (unpaired) electrons. The molecule has 20 heavy (non-hydrogen) atoms. The lowest BCUT2D eigenvalue weighted by atomic mass is 10.1. The fraction of sp³-hybridized carbons (Fsp3) is 0.455. The average molecular weight is 318 g/mol. The number of piperidine rings is 1. The smallest absolute Gasteiger partial charge is 0.336 e.